The lowest BCUT2D eigenvalue weighted by molar-refractivity contribution is -0.121. The number of nitrogens with one attached hydrogen (secondary N) is 1. The molecule has 1 aromatic carbocycles. The summed E-state index contributed by atoms with van der Waals surface area (Å²) in [4.78, 5) is 26.1. The minimum Gasteiger partial charge on any atom is -0.349 e. The summed E-state index contributed by atoms with van der Waals surface area (Å²) in [5.41, 5.74) is 8.25. The second-order valence-corrected chi connectivity index (χ2v) is 8.30. The van der Waals surface area contributed by atoms with Gasteiger partial charge in [0.15, 0.2) is 0 Å². The van der Waals surface area contributed by atoms with Crippen LogP contribution in [0.5, 0.6) is 0 Å². The summed E-state index contributed by atoms with van der Waals surface area (Å²) < 4.78 is 0. The molecule has 1 N–H and O–H groups in total. The number of rotatable bonds is 4. The number of pyridine rings is 2. The van der Waals surface area contributed by atoms with Crippen molar-refractivity contribution in [3.05, 3.63) is 93.0 Å². The zero-order chi connectivity index (χ0) is 20.7. The third-order valence-corrected chi connectivity index (χ3v) is 5.97. The van der Waals surface area contributed by atoms with E-state index >= 15 is 0 Å². The number of halogens is 1. The van der Waals surface area contributed by atoms with Crippen LogP contribution >= 0.6 is 11.6 Å². The van der Waals surface area contributed by atoms with Crippen LogP contribution in [0.3, 0.4) is 0 Å². The second-order valence-electron chi connectivity index (χ2n) is 7.86. The van der Waals surface area contributed by atoms with Crippen molar-refractivity contribution in [3.8, 4) is 0 Å². The van der Waals surface area contributed by atoms with Gasteiger partial charge in [0.05, 0.1) is 30.4 Å². The number of carbonyl (C=O) groups is 1. The Morgan fingerprint density at radius 2 is 2.07 bits per heavy atom. The Balaban J connectivity index is 1.28. The van der Waals surface area contributed by atoms with Crippen molar-refractivity contribution >= 4 is 23.2 Å². The minimum absolute atomic E-state index is 0.0147. The summed E-state index contributed by atoms with van der Waals surface area (Å²) in [7, 11) is 0. The SMILES string of the molecule is Cc1cc(C2=NCc3cc(CC(=O)NC4CCc5cc(Cl)ccc54)ncc32)ccn1. The van der Waals surface area contributed by atoms with Gasteiger partial charge < -0.3 is 5.32 Å². The normalized spacial score (nSPS) is 16.7. The van der Waals surface area contributed by atoms with E-state index < -0.39 is 0 Å². The van der Waals surface area contributed by atoms with Crippen LogP contribution < -0.4 is 5.32 Å². The van der Waals surface area contributed by atoms with Crippen LogP contribution in [-0.2, 0) is 24.2 Å². The van der Waals surface area contributed by atoms with Crippen molar-refractivity contribution in [2.45, 2.75) is 38.8 Å². The summed E-state index contributed by atoms with van der Waals surface area (Å²) in [6.45, 7) is 2.58. The van der Waals surface area contributed by atoms with Crippen molar-refractivity contribution in [2.75, 3.05) is 0 Å². The fourth-order valence-electron chi connectivity index (χ4n) is 4.32. The highest BCUT2D eigenvalue weighted by molar-refractivity contribution is 6.30. The van der Waals surface area contributed by atoms with Gasteiger partial charge in [-0.25, -0.2) is 0 Å². The highest BCUT2D eigenvalue weighted by Gasteiger charge is 2.25. The fourth-order valence-corrected chi connectivity index (χ4v) is 4.52. The summed E-state index contributed by atoms with van der Waals surface area (Å²) in [5.74, 6) is -0.0147. The number of aryl methyl sites for hydroxylation is 2. The van der Waals surface area contributed by atoms with Crippen molar-refractivity contribution in [1.82, 2.24) is 15.3 Å². The lowest BCUT2D eigenvalue weighted by atomic mass is 10.0. The third kappa shape index (κ3) is 3.61. The predicted octanol–water partition coefficient (Wildman–Crippen LogP) is 4.14. The zero-order valence-corrected chi connectivity index (χ0v) is 17.4. The first kappa shape index (κ1) is 18.9. The molecule has 3 heterocycles. The van der Waals surface area contributed by atoms with Crippen LogP contribution in [0, 0.1) is 6.92 Å². The summed E-state index contributed by atoms with van der Waals surface area (Å²) in [5, 5.41) is 3.90. The van der Waals surface area contributed by atoms with Gasteiger partial charge in [0.25, 0.3) is 0 Å². The van der Waals surface area contributed by atoms with Gasteiger partial charge >= 0.3 is 0 Å². The first-order valence-electron chi connectivity index (χ1n) is 10.1. The molecule has 6 heteroatoms. The smallest absolute Gasteiger partial charge is 0.226 e. The molecule has 150 valence electrons. The molecule has 0 fully saturated rings. The Hall–Kier alpha value is -3.05. The number of nitrogens with zero attached hydrogens (tertiary/aromatic N) is 3. The van der Waals surface area contributed by atoms with Crippen molar-refractivity contribution in [2.24, 2.45) is 4.99 Å². The molecule has 2 aromatic heterocycles. The highest BCUT2D eigenvalue weighted by atomic mass is 35.5. The first-order chi connectivity index (χ1) is 14.6. The second kappa shape index (κ2) is 7.65. The van der Waals surface area contributed by atoms with Gasteiger partial charge in [-0.1, -0.05) is 17.7 Å². The molecule has 2 aliphatic rings. The quantitative estimate of drug-likeness (QED) is 0.695. The monoisotopic (exact) mass is 416 g/mol. The van der Waals surface area contributed by atoms with E-state index in [9.17, 15) is 4.79 Å². The van der Waals surface area contributed by atoms with Crippen molar-refractivity contribution in [3.63, 3.8) is 0 Å². The largest absolute Gasteiger partial charge is 0.349 e. The number of amides is 1. The standard InChI is InChI=1S/C24H21ClN4O/c1-14-8-16(6-7-26-14)24-21-13-27-19(10-17(21)12-28-24)11-23(30)29-22-5-2-15-9-18(25)3-4-20(15)22/h3-4,6-10,13,22H,2,5,11-12H2,1H3,(H,29,30). The molecule has 0 saturated heterocycles. The van der Waals surface area contributed by atoms with Gasteiger partial charge in [-0.15, -0.1) is 0 Å². The Kier molecular flexibility index (Phi) is 4.83. The van der Waals surface area contributed by atoms with Gasteiger partial charge in [0.2, 0.25) is 5.91 Å². The van der Waals surface area contributed by atoms with Crippen molar-refractivity contribution < 1.29 is 4.79 Å². The van der Waals surface area contributed by atoms with E-state index in [-0.39, 0.29) is 18.4 Å². The van der Waals surface area contributed by atoms with E-state index in [0.717, 1.165) is 51.7 Å². The summed E-state index contributed by atoms with van der Waals surface area (Å²) >= 11 is 6.08. The lowest BCUT2D eigenvalue weighted by Crippen LogP contribution is -2.28. The maximum Gasteiger partial charge on any atom is 0.226 e. The molecule has 30 heavy (non-hydrogen) atoms. The average Bonchev–Trinajstić information content (AvgIpc) is 3.31. The Labute approximate surface area is 180 Å². The molecule has 1 unspecified atom stereocenters. The molecule has 1 aliphatic carbocycles. The number of aromatic nitrogens is 2. The molecule has 0 bridgehead atoms. The van der Waals surface area contributed by atoms with Gasteiger partial charge in [0.1, 0.15) is 0 Å². The van der Waals surface area contributed by atoms with Gasteiger partial charge in [-0.2, -0.15) is 0 Å². The third-order valence-electron chi connectivity index (χ3n) is 5.74. The Morgan fingerprint density at radius 3 is 2.93 bits per heavy atom. The van der Waals surface area contributed by atoms with Gasteiger partial charge in [0, 0.05) is 34.2 Å². The maximum absolute atomic E-state index is 12.7. The molecular weight excluding hydrogens is 396 g/mol. The number of fused-ring (bicyclic) bond motifs is 2. The minimum atomic E-state index is -0.0147. The number of hydrogen-bond donors (Lipinski definition) is 1. The van der Waals surface area contributed by atoms with E-state index in [1.807, 2.05) is 49.5 Å². The molecule has 1 aliphatic heterocycles. The molecule has 5 nitrogen and oxygen atoms in total. The van der Waals surface area contributed by atoms with Crippen LogP contribution in [0.4, 0.5) is 0 Å². The number of aliphatic imine (C=N–C) groups is 1. The Bertz CT molecular complexity index is 1190. The molecule has 0 radical (unpaired) electrons. The Morgan fingerprint density at radius 1 is 1.17 bits per heavy atom. The van der Waals surface area contributed by atoms with E-state index in [1.54, 1.807) is 6.20 Å². The zero-order valence-electron chi connectivity index (χ0n) is 16.7. The van der Waals surface area contributed by atoms with E-state index in [1.165, 1.54) is 11.1 Å². The average molecular weight is 417 g/mol. The number of carbonyl (C=O) groups excluding carboxylic acids is 1. The molecule has 3 aromatic rings. The topological polar surface area (TPSA) is 67.2 Å². The fraction of sp³-hybridized carbons (Fsp3) is 0.250. The van der Waals surface area contributed by atoms with E-state index in [0.29, 0.717) is 6.54 Å². The maximum atomic E-state index is 12.7. The van der Waals surface area contributed by atoms with Crippen molar-refractivity contribution in [1.29, 1.82) is 0 Å². The molecular formula is C24H21ClN4O. The first-order valence-corrected chi connectivity index (χ1v) is 10.5. The molecule has 0 spiro atoms. The van der Waals surface area contributed by atoms with Crippen LogP contribution in [0.1, 0.15) is 51.7 Å². The highest BCUT2D eigenvalue weighted by Crippen LogP contribution is 2.33. The predicted molar refractivity (Wildman–Crippen MR) is 117 cm³/mol. The van der Waals surface area contributed by atoms with Crippen LogP contribution in [-0.4, -0.2) is 21.6 Å². The molecule has 1 atom stereocenters. The summed E-state index contributed by atoms with van der Waals surface area (Å²) in [6.07, 6.45) is 5.74. The molecule has 1 amide bonds. The number of hydrogen-bond acceptors (Lipinski definition) is 4. The van der Waals surface area contributed by atoms with Crippen LogP contribution in [0.15, 0.2) is 53.8 Å². The van der Waals surface area contributed by atoms with E-state index in [4.69, 9.17) is 11.6 Å². The summed E-state index contributed by atoms with van der Waals surface area (Å²) in [6, 6.07) is 11.9. The van der Waals surface area contributed by atoms with Crippen LogP contribution in [0.2, 0.25) is 5.02 Å². The van der Waals surface area contributed by atoms with Gasteiger partial charge in [-0.3, -0.25) is 19.8 Å². The van der Waals surface area contributed by atoms with Crippen LogP contribution in [0.25, 0.3) is 0 Å². The lowest BCUT2D eigenvalue weighted by Gasteiger charge is -2.14. The van der Waals surface area contributed by atoms with Gasteiger partial charge in [-0.05, 0) is 66.8 Å². The van der Waals surface area contributed by atoms with E-state index in [2.05, 4.69) is 20.3 Å². The molecule has 0 saturated carbocycles. The number of benzene rings is 1. The molecule has 5 rings (SSSR count).